The van der Waals surface area contributed by atoms with E-state index in [0.717, 1.165) is 25.8 Å². The van der Waals surface area contributed by atoms with Gasteiger partial charge in [0.05, 0.1) is 6.04 Å². The van der Waals surface area contributed by atoms with Crippen LogP contribution in [0, 0.1) is 5.92 Å². The lowest BCUT2D eigenvalue weighted by molar-refractivity contribution is 0.0936. The lowest BCUT2D eigenvalue weighted by Gasteiger charge is -2.21. The monoisotopic (exact) mass is 365 g/mol. The van der Waals surface area contributed by atoms with Crippen LogP contribution >= 0.6 is 0 Å². The smallest absolute Gasteiger partial charge is 0.272 e. The summed E-state index contributed by atoms with van der Waals surface area (Å²) in [6.45, 7) is 2.98. The van der Waals surface area contributed by atoms with E-state index in [2.05, 4.69) is 41.2 Å². The fourth-order valence-corrected chi connectivity index (χ4v) is 4.71. The highest BCUT2D eigenvalue weighted by atomic mass is 16.1. The first-order valence-electron chi connectivity index (χ1n) is 10.7. The Morgan fingerprint density at radius 2 is 1.85 bits per heavy atom. The molecule has 4 rings (SSSR count). The molecule has 1 aromatic heterocycles. The van der Waals surface area contributed by atoms with Crippen LogP contribution in [-0.2, 0) is 12.8 Å². The second-order valence-corrected chi connectivity index (χ2v) is 8.23. The first-order valence-corrected chi connectivity index (χ1v) is 10.7. The van der Waals surface area contributed by atoms with Crippen molar-refractivity contribution in [2.24, 2.45) is 5.92 Å². The van der Waals surface area contributed by atoms with Gasteiger partial charge in [-0.25, -0.2) is 0 Å². The van der Waals surface area contributed by atoms with Crippen LogP contribution in [0.25, 0.3) is 0 Å². The Labute approximate surface area is 162 Å². The molecule has 1 fully saturated rings. The maximum Gasteiger partial charge on any atom is 0.272 e. The fraction of sp³-hybridized carbons (Fsp3) is 0.565. The molecule has 144 valence electrons. The number of nitrogens with one attached hydrogen (secondary N) is 1. The predicted octanol–water partition coefficient (Wildman–Crippen LogP) is 4.68. The van der Waals surface area contributed by atoms with Gasteiger partial charge in [-0.2, -0.15) is 5.10 Å². The van der Waals surface area contributed by atoms with E-state index >= 15 is 0 Å². The van der Waals surface area contributed by atoms with Gasteiger partial charge in [-0.1, -0.05) is 49.6 Å². The molecule has 4 nitrogen and oxygen atoms in total. The normalized spacial score (nSPS) is 18.7. The van der Waals surface area contributed by atoms with E-state index in [1.54, 1.807) is 0 Å². The van der Waals surface area contributed by atoms with Gasteiger partial charge in [0, 0.05) is 17.8 Å². The second kappa shape index (κ2) is 8.28. The quantitative estimate of drug-likeness (QED) is 0.836. The summed E-state index contributed by atoms with van der Waals surface area (Å²) in [4.78, 5) is 12.9. The Hall–Kier alpha value is -2.10. The molecule has 27 heavy (non-hydrogen) atoms. The van der Waals surface area contributed by atoms with E-state index in [9.17, 15) is 4.79 Å². The molecule has 2 aliphatic carbocycles. The third kappa shape index (κ3) is 3.95. The molecular weight excluding hydrogens is 334 g/mol. The van der Waals surface area contributed by atoms with Gasteiger partial charge in [-0.3, -0.25) is 9.48 Å². The van der Waals surface area contributed by atoms with Crippen molar-refractivity contribution < 1.29 is 4.79 Å². The number of nitrogens with zero attached hydrogens (tertiary/aromatic N) is 2. The minimum atomic E-state index is 0.0257. The average Bonchev–Trinajstić information content (AvgIpc) is 3.13. The molecule has 2 aliphatic rings. The zero-order valence-corrected chi connectivity index (χ0v) is 16.4. The minimum absolute atomic E-state index is 0.0257. The summed E-state index contributed by atoms with van der Waals surface area (Å²) >= 11 is 0. The van der Waals surface area contributed by atoms with Crippen molar-refractivity contribution in [2.45, 2.75) is 70.8 Å². The number of fused-ring (bicyclic) bond motifs is 1. The zero-order chi connectivity index (χ0) is 18.6. The number of aromatic nitrogens is 2. The predicted molar refractivity (Wildman–Crippen MR) is 108 cm³/mol. The van der Waals surface area contributed by atoms with Crippen molar-refractivity contribution in [3.63, 3.8) is 0 Å². The number of hydrogen-bond donors (Lipinski definition) is 1. The van der Waals surface area contributed by atoms with Crippen LogP contribution in [0.15, 0.2) is 30.3 Å². The molecule has 0 spiro atoms. The Kier molecular flexibility index (Phi) is 5.61. The molecule has 0 bridgehead atoms. The maximum atomic E-state index is 12.9. The molecule has 4 heteroatoms. The van der Waals surface area contributed by atoms with Crippen LogP contribution in [0.4, 0.5) is 0 Å². The molecule has 1 amide bonds. The molecule has 1 heterocycles. The van der Waals surface area contributed by atoms with Gasteiger partial charge in [0.2, 0.25) is 0 Å². The first-order chi connectivity index (χ1) is 13.2. The summed E-state index contributed by atoms with van der Waals surface area (Å²) in [5.41, 5.74) is 4.36. The third-order valence-electron chi connectivity index (χ3n) is 6.35. The molecule has 1 unspecified atom stereocenters. The van der Waals surface area contributed by atoms with Crippen LogP contribution in [0.3, 0.4) is 0 Å². The molecule has 0 radical (unpaired) electrons. The van der Waals surface area contributed by atoms with Gasteiger partial charge in [0.15, 0.2) is 5.69 Å². The maximum absolute atomic E-state index is 12.9. The van der Waals surface area contributed by atoms with Gasteiger partial charge in [0.1, 0.15) is 0 Å². The van der Waals surface area contributed by atoms with Crippen molar-refractivity contribution in [3.8, 4) is 0 Å². The Morgan fingerprint density at radius 3 is 2.63 bits per heavy atom. The van der Waals surface area contributed by atoms with Crippen LogP contribution in [-0.4, -0.2) is 22.2 Å². The minimum Gasteiger partial charge on any atom is -0.350 e. The number of carbonyl (C=O) groups excluding carboxylic acids is 1. The lowest BCUT2D eigenvalue weighted by atomic mass is 9.89. The number of rotatable bonds is 5. The van der Waals surface area contributed by atoms with Gasteiger partial charge >= 0.3 is 0 Å². The lowest BCUT2D eigenvalue weighted by Crippen LogP contribution is -2.31. The van der Waals surface area contributed by atoms with Gasteiger partial charge in [-0.05, 0) is 56.9 Å². The van der Waals surface area contributed by atoms with E-state index in [1.807, 2.05) is 6.07 Å². The average molecular weight is 366 g/mol. The SMILES string of the molecule is CC(c1ccccc1)n1nc(C(=O)NCC2CCCCC2)c2c1CCCC2. The van der Waals surface area contributed by atoms with Crippen molar-refractivity contribution in [1.29, 1.82) is 0 Å². The van der Waals surface area contributed by atoms with E-state index in [1.165, 1.54) is 55.3 Å². The largest absolute Gasteiger partial charge is 0.350 e. The summed E-state index contributed by atoms with van der Waals surface area (Å²) in [6.07, 6.45) is 10.8. The number of amides is 1. The number of benzene rings is 1. The first kappa shape index (κ1) is 18.3. The van der Waals surface area contributed by atoms with Crippen molar-refractivity contribution >= 4 is 5.91 Å². The summed E-state index contributed by atoms with van der Waals surface area (Å²) < 4.78 is 2.11. The van der Waals surface area contributed by atoms with E-state index in [0.29, 0.717) is 11.6 Å². The number of hydrogen-bond acceptors (Lipinski definition) is 2. The Bertz CT molecular complexity index is 774. The summed E-state index contributed by atoms with van der Waals surface area (Å²) in [6, 6.07) is 10.6. The molecular formula is C23H31N3O. The summed E-state index contributed by atoms with van der Waals surface area (Å²) in [5, 5.41) is 8.03. The highest BCUT2D eigenvalue weighted by Gasteiger charge is 2.27. The molecule has 1 saturated carbocycles. The highest BCUT2D eigenvalue weighted by Crippen LogP contribution is 2.29. The summed E-state index contributed by atoms with van der Waals surface area (Å²) in [7, 11) is 0. The fourth-order valence-electron chi connectivity index (χ4n) is 4.71. The Balaban J connectivity index is 1.55. The molecule has 0 aliphatic heterocycles. The van der Waals surface area contributed by atoms with Gasteiger partial charge in [0.25, 0.3) is 5.91 Å². The van der Waals surface area contributed by atoms with E-state index < -0.39 is 0 Å². The second-order valence-electron chi connectivity index (χ2n) is 8.23. The topological polar surface area (TPSA) is 46.9 Å². The molecule has 0 saturated heterocycles. The van der Waals surface area contributed by atoms with Crippen molar-refractivity contribution in [3.05, 3.63) is 52.8 Å². The summed E-state index contributed by atoms with van der Waals surface area (Å²) in [5.74, 6) is 0.668. The zero-order valence-electron chi connectivity index (χ0n) is 16.4. The third-order valence-corrected chi connectivity index (χ3v) is 6.35. The van der Waals surface area contributed by atoms with Crippen molar-refractivity contribution in [2.75, 3.05) is 6.54 Å². The number of carbonyl (C=O) groups is 1. The van der Waals surface area contributed by atoms with E-state index in [-0.39, 0.29) is 11.9 Å². The molecule has 2 aromatic rings. The van der Waals surface area contributed by atoms with Crippen LogP contribution in [0.1, 0.15) is 85.2 Å². The highest BCUT2D eigenvalue weighted by molar-refractivity contribution is 5.94. The molecule has 1 N–H and O–H groups in total. The van der Waals surface area contributed by atoms with Crippen LogP contribution in [0.2, 0.25) is 0 Å². The van der Waals surface area contributed by atoms with Crippen LogP contribution in [0.5, 0.6) is 0 Å². The van der Waals surface area contributed by atoms with Gasteiger partial charge in [-0.15, -0.1) is 0 Å². The van der Waals surface area contributed by atoms with Crippen LogP contribution < -0.4 is 5.32 Å². The Morgan fingerprint density at radius 1 is 1.11 bits per heavy atom. The molecule has 1 aromatic carbocycles. The van der Waals surface area contributed by atoms with E-state index in [4.69, 9.17) is 5.10 Å². The van der Waals surface area contributed by atoms with Crippen molar-refractivity contribution in [1.82, 2.24) is 15.1 Å². The van der Waals surface area contributed by atoms with Gasteiger partial charge < -0.3 is 5.32 Å². The standard InChI is InChI=1S/C23H31N3O/c1-17(19-12-6-3-7-13-19)26-21-15-9-8-14-20(21)22(25-26)23(27)24-16-18-10-4-2-5-11-18/h3,6-7,12-13,17-18H,2,4-5,8-11,14-16H2,1H3,(H,24,27). The molecule has 1 atom stereocenters.